The van der Waals surface area contributed by atoms with E-state index in [1.54, 1.807) is 23.5 Å². The highest BCUT2D eigenvalue weighted by molar-refractivity contribution is 8.20. The molecule has 2 heterocycles. The van der Waals surface area contributed by atoms with Gasteiger partial charge in [0.25, 0.3) is 0 Å². The highest BCUT2D eigenvalue weighted by atomic mass is 35.5. The van der Waals surface area contributed by atoms with Gasteiger partial charge in [0.05, 0.1) is 20.5 Å². The monoisotopic (exact) mass is 459 g/mol. The van der Waals surface area contributed by atoms with Gasteiger partial charge in [0.2, 0.25) is 0 Å². The normalized spacial score (nSPS) is 17.0. The topological polar surface area (TPSA) is 43.8 Å². The van der Waals surface area contributed by atoms with Gasteiger partial charge in [0, 0.05) is 11.5 Å². The lowest BCUT2D eigenvalue weighted by atomic mass is 10.2. The first-order valence-corrected chi connectivity index (χ1v) is 11.3. The van der Waals surface area contributed by atoms with Crippen molar-refractivity contribution in [3.63, 3.8) is 0 Å². The Morgan fingerprint density at radius 2 is 1.77 bits per heavy atom. The van der Waals surface area contributed by atoms with Crippen LogP contribution in [0.4, 0.5) is 19.0 Å². The molecule has 2 aromatic rings. The van der Waals surface area contributed by atoms with Gasteiger partial charge in [0.1, 0.15) is 21.3 Å². The molecule has 1 aliphatic heterocycles. The van der Waals surface area contributed by atoms with Crippen LogP contribution in [0.1, 0.15) is 18.2 Å². The summed E-state index contributed by atoms with van der Waals surface area (Å²) >= 11 is 17.2. The molecule has 1 fully saturated rings. The fourth-order valence-corrected chi connectivity index (χ4v) is 7.02. The summed E-state index contributed by atoms with van der Waals surface area (Å²) in [7, 11) is 0. The average Bonchev–Trinajstić information content (AvgIpc) is 3.11. The molecule has 1 aromatic heterocycles. The van der Waals surface area contributed by atoms with Gasteiger partial charge in [0.15, 0.2) is 0 Å². The van der Waals surface area contributed by atoms with Gasteiger partial charge in [-0.1, -0.05) is 23.2 Å². The van der Waals surface area contributed by atoms with Crippen molar-refractivity contribution in [2.75, 3.05) is 23.5 Å². The van der Waals surface area contributed by atoms with E-state index in [-0.39, 0.29) is 19.8 Å². The molecule has 0 amide bonds. The third-order valence-corrected chi connectivity index (χ3v) is 8.56. The summed E-state index contributed by atoms with van der Waals surface area (Å²) in [5.74, 6) is 2.29. The number of rotatable bonds is 3. The molecule has 0 radical (unpaired) electrons. The minimum absolute atomic E-state index is 0.150. The summed E-state index contributed by atoms with van der Waals surface area (Å²) in [6.07, 6.45) is -2.66. The zero-order chi connectivity index (χ0) is 19.3. The Balaban J connectivity index is 2.18. The van der Waals surface area contributed by atoms with Gasteiger partial charge in [-0.25, -0.2) is 4.68 Å². The summed E-state index contributed by atoms with van der Waals surface area (Å²) in [5.41, 5.74) is 6.27. The first kappa shape index (κ1) is 20.4. The first-order valence-electron chi connectivity index (χ1n) is 7.36. The zero-order valence-corrected chi connectivity index (χ0v) is 17.6. The summed E-state index contributed by atoms with van der Waals surface area (Å²) in [5, 5.41) is 4.28. The number of alkyl halides is 3. The van der Waals surface area contributed by atoms with Crippen LogP contribution in [0.3, 0.4) is 0 Å². The number of hydrogen-bond acceptors (Lipinski definition) is 5. The van der Waals surface area contributed by atoms with Crippen LogP contribution in [-0.4, -0.2) is 27.5 Å². The van der Waals surface area contributed by atoms with E-state index >= 15 is 0 Å². The summed E-state index contributed by atoms with van der Waals surface area (Å²) in [6.45, 7) is 2.07. The Bertz CT molecular complexity index is 826. The minimum atomic E-state index is -4.54. The van der Waals surface area contributed by atoms with Crippen molar-refractivity contribution in [3.05, 3.63) is 33.4 Å². The Labute approximate surface area is 171 Å². The van der Waals surface area contributed by atoms with E-state index in [4.69, 9.17) is 28.9 Å². The Hall–Kier alpha value is -0.350. The van der Waals surface area contributed by atoms with Crippen molar-refractivity contribution in [1.82, 2.24) is 9.78 Å². The first-order chi connectivity index (χ1) is 12.1. The number of thioether (sulfide) groups is 3. The Morgan fingerprint density at radius 1 is 1.23 bits per heavy atom. The molecule has 0 saturated carbocycles. The van der Waals surface area contributed by atoms with Crippen molar-refractivity contribution in [1.29, 1.82) is 0 Å². The van der Waals surface area contributed by atoms with Gasteiger partial charge in [-0.15, -0.1) is 35.3 Å². The molecule has 0 bridgehead atoms. The summed E-state index contributed by atoms with van der Waals surface area (Å²) in [6, 6.07) is 1.67. The molecule has 0 atom stereocenters. The molecule has 0 spiro atoms. The number of nitrogens with two attached hydrogens (primary N) is 1. The number of nitrogens with zero attached hydrogens (tertiary/aromatic N) is 2. The van der Waals surface area contributed by atoms with E-state index < -0.39 is 11.7 Å². The predicted molar refractivity (Wildman–Crippen MR) is 107 cm³/mol. The van der Waals surface area contributed by atoms with Gasteiger partial charge in [-0.05, 0) is 25.3 Å². The lowest BCUT2D eigenvalue weighted by Gasteiger charge is -2.20. The molecule has 26 heavy (non-hydrogen) atoms. The number of benzene rings is 1. The van der Waals surface area contributed by atoms with Crippen LogP contribution in [0.15, 0.2) is 17.0 Å². The van der Waals surface area contributed by atoms with Gasteiger partial charge >= 0.3 is 6.18 Å². The lowest BCUT2D eigenvalue weighted by molar-refractivity contribution is -0.137. The van der Waals surface area contributed by atoms with Crippen LogP contribution in [0.2, 0.25) is 10.0 Å². The predicted octanol–water partition coefficient (Wildman–Crippen LogP) is 6.15. The number of aromatic nitrogens is 2. The SMILES string of the molecule is CSc1c(C2(C)SCCS2)nn(-c2c(Cl)cc(C(F)(F)F)cc2Cl)c1N. The second-order valence-electron chi connectivity index (χ2n) is 5.61. The molecule has 1 aromatic carbocycles. The highest BCUT2D eigenvalue weighted by Gasteiger charge is 2.39. The number of hydrogen-bond donors (Lipinski definition) is 1. The molecule has 142 valence electrons. The van der Waals surface area contributed by atoms with Crippen LogP contribution in [0.5, 0.6) is 0 Å². The van der Waals surface area contributed by atoms with Crippen molar-refractivity contribution < 1.29 is 13.2 Å². The molecule has 3 rings (SSSR count). The van der Waals surface area contributed by atoms with E-state index in [2.05, 4.69) is 12.0 Å². The molecule has 2 N–H and O–H groups in total. The van der Waals surface area contributed by atoms with Crippen LogP contribution >= 0.6 is 58.5 Å². The van der Waals surface area contributed by atoms with E-state index in [0.717, 1.165) is 34.2 Å². The Kier molecular flexibility index (Phi) is 5.67. The third-order valence-electron chi connectivity index (χ3n) is 3.90. The van der Waals surface area contributed by atoms with Crippen molar-refractivity contribution in [2.45, 2.75) is 22.1 Å². The third kappa shape index (κ3) is 3.53. The maximum atomic E-state index is 13.0. The highest BCUT2D eigenvalue weighted by Crippen LogP contribution is 2.54. The fourth-order valence-electron chi connectivity index (χ4n) is 2.67. The molecule has 0 unspecified atom stereocenters. The molecular formula is C15H14Cl2F3N3S3. The summed E-state index contributed by atoms with van der Waals surface area (Å²) < 4.78 is 40.0. The van der Waals surface area contributed by atoms with E-state index in [1.807, 2.05) is 6.26 Å². The standard InChI is InChI=1S/C15H14Cl2F3N3S3/c1-14(25-3-4-26-14)12-11(24-2)13(21)23(22-12)10-8(16)5-7(6-9(10)17)15(18,19)20/h5-6H,3-4,21H2,1-2H3. The molecule has 0 aliphatic carbocycles. The quantitative estimate of drug-likeness (QED) is 0.557. The Morgan fingerprint density at radius 3 is 2.23 bits per heavy atom. The van der Waals surface area contributed by atoms with Crippen molar-refractivity contribution in [3.8, 4) is 5.69 Å². The summed E-state index contributed by atoms with van der Waals surface area (Å²) in [4.78, 5) is 0.779. The molecule has 1 aliphatic rings. The molecular weight excluding hydrogens is 446 g/mol. The maximum absolute atomic E-state index is 13.0. The zero-order valence-electron chi connectivity index (χ0n) is 13.7. The smallest absolute Gasteiger partial charge is 0.383 e. The second kappa shape index (κ2) is 7.24. The molecule has 11 heteroatoms. The van der Waals surface area contributed by atoms with Gasteiger partial charge in [-0.3, -0.25) is 0 Å². The van der Waals surface area contributed by atoms with Crippen LogP contribution in [0, 0.1) is 0 Å². The number of halogens is 5. The van der Waals surface area contributed by atoms with E-state index in [9.17, 15) is 13.2 Å². The van der Waals surface area contributed by atoms with Gasteiger partial charge in [-0.2, -0.15) is 18.3 Å². The average molecular weight is 460 g/mol. The number of nitrogen functional groups attached to an aromatic ring is 1. The second-order valence-corrected chi connectivity index (χ2v) is 10.5. The lowest BCUT2D eigenvalue weighted by Crippen LogP contribution is -2.12. The van der Waals surface area contributed by atoms with Gasteiger partial charge < -0.3 is 5.73 Å². The van der Waals surface area contributed by atoms with Crippen LogP contribution in [-0.2, 0) is 10.3 Å². The van der Waals surface area contributed by atoms with Crippen LogP contribution < -0.4 is 5.73 Å². The van der Waals surface area contributed by atoms with Crippen LogP contribution in [0.25, 0.3) is 5.69 Å². The van der Waals surface area contributed by atoms with E-state index in [0.29, 0.717) is 5.82 Å². The largest absolute Gasteiger partial charge is 0.416 e. The molecule has 1 saturated heterocycles. The number of anilines is 1. The molecule has 3 nitrogen and oxygen atoms in total. The maximum Gasteiger partial charge on any atom is 0.416 e. The van der Waals surface area contributed by atoms with Crippen molar-refractivity contribution in [2.24, 2.45) is 0 Å². The fraction of sp³-hybridized carbons (Fsp3) is 0.400. The van der Waals surface area contributed by atoms with Crippen molar-refractivity contribution >= 4 is 64.3 Å². The minimum Gasteiger partial charge on any atom is -0.383 e. The van der Waals surface area contributed by atoms with E-state index in [1.165, 1.54) is 16.4 Å².